The highest BCUT2D eigenvalue weighted by Gasteiger charge is 2.21. The van der Waals surface area contributed by atoms with Gasteiger partial charge in [-0.25, -0.2) is 8.42 Å². The summed E-state index contributed by atoms with van der Waals surface area (Å²) in [6.45, 7) is 0.406. The molecule has 2 heterocycles. The summed E-state index contributed by atoms with van der Waals surface area (Å²) in [7, 11) is -2.13. The van der Waals surface area contributed by atoms with Crippen LogP contribution in [-0.2, 0) is 21.4 Å². The fourth-order valence-corrected chi connectivity index (χ4v) is 4.43. The van der Waals surface area contributed by atoms with Crippen molar-refractivity contribution in [3.05, 3.63) is 34.5 Å². The van der Waals surface area contributed by atoms with Gasteiger partial charge in [0.15, 0.2) is 11.5 Å². The topological polar surface area (TPSA) is 73.9 Å². The first-order chi connectivity index (χ1) is 10.1. The molecule has 1 aromatic carbocycles. The minimum absolute atomic E-state index is 0.147. The normalized spacial score (nSPS) is 13.4. The van der Waals surface area contributed by atoms with Gasteiger partial charge in [-0.05, 0) is 23.6 Å². The van der Waals surface area contributed by atoms with Gasteiger partial charge in [-0.3, -0.25) is 4.72 Å². The first-order valence-corrected chi connectivity index (χ1v) is 8.44. The van der Waals surface area contributed by atoms with Gasteiger partial charge in [-0.15, -0.1) is 11.3 Å². The van der Waals surface area contributed by atoms with E-state index in [2.05, 4.69) is 4.72 Å². The van der Waals surface area contributed by atoms with Gasteiger partial charge in [-0.2, -0.15) is 0 Å². The number of methoxy groups -OCH3 is 1. The molecule has 1 aliphatic rings. The third-order valence-electron chi connectivity index (χ3n) is 2.89. The Kier molecular flexibility index (Phi) is 3.75. The van der Waals surface area contributed by atoms with Crippen molar-refractivity contribution >= 4 is 27.0 Å². The standard InChI is InChI=1S/C13H13NO5S2/c1-17-7-12-13(4-5-20-12)21(15,16)14-9-2-3-10-11(6-9)19-8-18-10/h2-6,14H,7-8H2,1H3. The summed E-state index contributed by atoms with van der Waals surface area (Å²) >= 11 is 1.34. The minimum atomic E-state index is -3.66. The lowest BCUT2D eigenvalue weighted by Crippen LogP contribution is -2.13. The van der Waals surface area contributed by atoms with Crippen molar-refractivity contribution in [3.8, 4) is 11.5 Å². The SMILES string of the molecule is COCc1sccc1S(=O)(=O)Nc1ccc2c(c1)OCO2. The van der Waals surface area contributed by atoms with Gasteiger partial charge in [0.25, 0.3) is 10.0 Å². The predicted octanol–water partition coefficient (Wildman–Crippen LogP) is 2.42. The Hall–Kier alpha value is -1.77. The van der Waals surface area contributed by atoms with Crippen LogP contribution >= 0.6 is 11.3 Å². The highest BCUT2D eigenvalue weighted by atomic mass is 32.2. The molecule has 0 saturated heterocycles. The van der Waals surface area contributed by atoms with E-state index in [1.165, 1.54) is 18.4 Å². The second-order valence-electron chi connectivity index (χ2n) is 4.31. The van der Waals surface area contributed by atoms with Gasteiger partial charge < -0.3 is 14.2 Å². The maximum atomic E-state index is 12.4. The van der Waals surface area contributed by atoms with E-state index in [-0.39, 0.29) is 18.3 Å². The molecule has 0 amide bonds. The van der Waals surface area contributed by atoms with Crippen molar-refractivity contribution < 1.29 is 22.6 Å². The third-order valence-corrected chi connectivity index (χ3v) is 5.38. The number of benzene rings is 1. The molecule has 1 aliphatic heterocycles. The Morgan fingerprint density at radius 1 is 1.29 bits per heavy atom. The van der Waals surface area contributed by atoms with Gasteiger partial charge in [0, 0.05) is 13.2 Å². The zero-order valence-electron chi connectivity index (χ0n) is 11.2. The smallest absolute Gasteiger partial charge is 0.263 e. The number of ether oxygens (including phenoxy) is 3. The van der Waals surface area contributed by atoms with Gasteiger partial charge in [0.2, 0.25) is 6.79 Å². The monoisotopic (exact) mass is 327 g/mol. The molecule has 3 rings (SSSR count). The van der Waals surface area contributed by atoms with Crippen LogP contribution in [0.1, 0.15) is 4.88 Å². The van der Waals surface area contributed by atoms with Crippen molar-refractivity contribution in [1.82, 2.24) is 0 Å². The molecule has 0 bridgehead atoms. The molecule has 1 N–H and O–H groups in total. The molecule has 0 saturated carbocycles. The molecule has 0 radical (unpaired) electrons. The van der Waals surface area contributed by atoms with E-state index in [1.807, 2.05) is 0 Å². The van der Waals surface area contributed by atoms with E-state index in [0.717, 1.165) is 0 Å². The van der Waals surface area contributed by atoms with E-state index < -0.39 is 10.0 Å². The predicted molar refractivity (Wildman–Crippen MR) is 78.4 cm³/mol. The fraction of sp³-hybridized carbons (Fsp3) is 0.231. The number of anilines is 1. The molecule has 1 aromatic heterocycles. The van der Waals surface area contributed by atoms with Gasteiger partial charge in [0.05, 0.1) is 17.2 Å². The van der Waals surface area contributed by atoms with Crippen LogP contribution in [0.25, 0.3) is 0 Å². The first kappa shape index (κ1) is 14.2. The Labute approximate surface area is 126 Å². The molecule has 0 spiro atoms. The molecule has 21 heavy (non-hydrogen) atoms. The van der Waals surface area contributed by atoms with Crippen molar-refractivity contribution in [2.45, 2.75) is 11.5 Å². The summed E-state index contributed by atoms with van der Waals surface area (Å²) in [5, 5.41) is 1.72. The number of hydrogen-bond donors (Lipinski definition) is 1. The molecule has 8 heteroatoms. The fourth-order valence-electron chi connectivity index (χ4n) is 1.97. The number of sulfonamides is 1. The molecule has 6 nitrogen and oxygen atoms in total. The average Bonchev–Trinajstić information content (AvgIpc) is 3.06. The quantitative estimate of drug-likeness (QED) is 0.913. The molecule has 0 aliphatic carbocycles. The van der Waals surface area contributed by atoms with Crippen molar-refractivity contribution in [2.75, 3.05) is 18.6 Å². The molecular weight excluding hydrogens is 314 g/mol. The Balaban J connectivity index is 1.87. The third kappa shape index (κ3) is 2.82. The maximum Gasteiger partial charge on any atom is 0.263 e. The van der Waals surface area contributed by atoms with E-state index in [9.17, 15) is 8.42 Å². The van der Waals surface area contributed by atoms with E-state index in [0.29, 0.717) is 22.1 Å². The van der Waals surface area contributed by atoms with Gasteiger partial charge in [0.1, 0.15) is 4.90 Å². The van der Waals surface area contributed by atoms with Gasteiger partial charge in [-0.1, -0.05) is 0 Å². The summed E-state index contributed by atoms with van der Waals surface area (Å²) in [4.78, 5) is 0.887. The Morgan fingerprint density at radius 3 is 2.90 bits per heavy atom. The number of hydrogen-bond acceptors (Lipinski definition) is 6. The molecular formula is C13H13NO5S2. The van der Waals surface area contributed by atoms with Gasteiger partial charge >= 0.3 is 0 Å². The lowest BCUT2D eigenvalue weighted by molar-refractivity contribution is 0.174. The number of fused-ring (bicyclic) bond motifs is 1. The maximum absolute atomic E-state index is 12.4. The van der Waals surface area contributed by atoms with Crippen molar-refractivity contribution in [2.24, 2.45) is 0 Å². The summed E-state index contributed by atoms with van der Waals surface area (Å²) in [5.41, 5.74) is 0.425. The average molecular weight is 327 g/mol. The zero-order chi connectivity index (χ0) is 14.9. The van der Waals surface area contributed by atoms with E-state index >= 15 is 0 Å². The second-order valence-corrected chi connectivity index (χ2v) is 6.97. The van der Waals surface area contributed by atoms with Crippen LogP contribution in [0.3, 0.4) is 0 Å². The lowest BCUT2D eigenvalue weighted by atomic mass is 10.3. The zero-order valence-corrected chi connectivity index (χ0v) is 12.8. The van der Waals surface area contributed by atoms with Crippen LogP contribution in [-0.4, -0.2) is 22.3 Å². The Morgan fingerprint density at radius 2 is 2.10 bits per heavy atom. The summed E-state index contributed by atoms with van der Waals surface area (Å²) in [5.74, 6) is 1.13. The number of thiophene rings is 1. The van der Waals surface area contributed by atoms with Crippen LogP contribution in [0.2, 0.25) is 0 Å². The summed E-state index contributed by atoms with van der Waals surface area (Å²) < 4.78 is 42.8. The highest BCUT2D eigenvalue weighted by Crippen LogP contribution is 2.35. The molecule has 112 valence electrons. The second kappa shape index (κ2) is 5.55. The minimum Gasteiger partial charge on any atom is -0.454 e. The molecule has 2 aromatic rings. The Bertz CT molecular complexity index is 754. The van der Waals surface area contributed by atoms with Crippen LogP contribution in [0.15, 0.2) is 34.5 Å². The summed E-state index contributed by atoms with van der Waals surface area (Å²) in [6, 6.07) is 6.47. The first-order valence-electron chi connectivity index (χ1n) is 6.08. The molecule has 0 unspecified atom stereocenters. The van der Waals surface area contributed by atoms with Crippen LogP contribution in [0, 0.1) is 0 Å². The van der Waals surface area contributed by atoms with Crippen LogP contribution < -0.4 is 14.2 Å². The highest BCUT2D eigenvalue weighted by molar-refractivity contribution is 7.93. The van der Waals surface area contributed by atoms with Crippen LogP contribution in [0.5, 0.6) is 11.5 Å². The number of nitrogens with one attached hydrogen (secondary N) is 1. The summed E-state index contributed by atoms with van der Waals surface area (Å²) in [6.07, 6.45) is 0. The van der Waals surface area contributed by atoms with E-state index in [1.54, 1.807) is 29.6 Å². The lowest BCUT2D eigenvalue weighted by Gasteiger charge is -2.09. The van der Waals surface area contributed by atoms with E-state index in [4.69, 9.17) is 14.2 Å². The largest absolute Gasteiger partial charge is 0.454 e. The molecule has 0 atom stereocenters. The molecule has 0 fully saturated rings. The number of rotatable bonds is 5. The van der Waals surface area contributed by atoms with Crippen molar-refractivity contribution in [3.63, 3.8) is 0 Å². The van der Waals surface area contributed by atoms with Crippen LogP contribution in [0.4, 0.5) is 5.69 Å². The van der Waals surface area contributed by atoms with Crippen molar-refractivity contribution in [1.29, 1.82) is 0 Å².